The molecule has 0 aliphatic rings. The number of amides is 1. The van der Waals surface area contributed by atoms with Gasteiger partial charge in [0, 0.05) is 24.0 Å². The summed E-state index contributed by atoms with van der Waals surface area (Å²) in [5.74, 6) is 0.0365. The zero-order valence-corrected chi connectivity index (χ0v) is 17.9. The average Bonchev–Trinajstić information content (AvgIpc) is 2.64. The van der Waals surface area contributed by atoms with Crippen LogP contribution >= 0.6 is 11.6 Å². The largest absolute Gasteiger partial charge is 0.456 e. The van der Waals surface area contributed by atoms with Gasteiger partial charge in [-0.3, -0.25) is 4.79 Å². The van der Waals surface area contributed by atoms with Crippen LogP contribution in [0.5, 0.6) is 0 Å². The van der Waals surface area contributed by atoms with Crippen LogP contribution in [-0.2, 0) is 17.2 Å². The van der Waals surface area contributed by atoms with E-state index < -0.39 is 5.60 Å². The quantitative estimate of drug-likeness (QED) is 0.478. The number of carbonyl (C=O) groups excluding carboxylic acids is 2. The van der Waals surface area contributed by atoms with Crippen LogP contribution in [0.2, 0.25) is 0 Å². The van der Waals surface area contributed by atoms with E-state index in [0.717, 1.165) is 11.1 Å². The molecule has 0 N–H and O–H groups in total. The molecule has 0 spiro atoms. The number of alkyl halides is 1. The topological polar surface area (TPSA) is 46.6 Å². The molecule has 0 aliphatic heterocycles. The molecule has 1 amide bonds. The molecule has 0 aliphatic carbocycles. The Morgan fingerprint density at radius 3 is 1.89 bits per heavy atom. The summed E-state index contributed by atoms with van der Waals surface area (Å²) in [4.78, 5) is 26.9. The molecule has 0 saturated carbocycles. The van der Waals surface area contributed by atoms with Crippen LogP contribution in [0.4, 0.5) is 0 Å². The Bertz CT molecular complexity index is 805. The molecule has 0 atom stereocenters. The number of esters is 1. The number of carbonyl (C=O) groups is 2. The van der Waals surface area contributed by atoms with Crippen molar-refractivity contribution in [1.82, 2.24) is 4.90 Å². The third-order valence-electron chi connectivity index (χ3n) is 4.18. The summed E-state index contributed by atoms with van der Waals surface area (Å²) in [6.07, 6.45) is 0. The fraction of sp³-hybridized carbons (Fsp3) is 0.391. The van der Waals surface area contributed by atoms with Crippen molar-refractivity contribution in [3.63, 3.8) is 0 Å². The van der Waals surface area contributed by atoms with E-state index in [1.807, 2.05) is 58.9 Å². The van der Waals surface area contributed by atoms with Gasteiger partial charge in [0.2, 0.25) is 0 Å². The van der Waals surface area contributed by atoms with Crippen LogP contribution in [-0.4, -0.2) is 28.4 Å². The Morgan fingerprint density at radius 1 is 0.929 bits per heavy atom. The van der Waals surface area contributed by atoms with E-state index in [0.29, 0.717) is 23.6 Å². The highest BCUT2D eigenvalue weighted by Crippen LogP contribution is 2.17. The lowest BCUT2D eigenvalue weighted by atomic mass is 10.1. The zero-order valence-electron chi connectivity index (χ0n) is 17.2. The van der Waals surface area contributed by atoms with Crippen LogP contribution in [0.3, 0.4) is 0 Å². The highest BCUT2D eigenvalue weighted by molar-refractivity contribution is 6.17. The predicted molar refractivity (Wildman–Crippen MR) is 113 cm³/mol. The SMILES string of the molecule is CC(C)N(Cc1ccc(C(=O)OC(C)(C)C)cc1)C(=O)c1ccc(CCl)cc1. The Kier molecular flexibility index (Phi) is 7.25. The van der Waals surface area contributed by atoms with Crippen molar-refractivity contribution in [2.45, 2.75) is 58.7 Å². The molecule has 0 unspecified atom stereocenters. The van der Waals surface area contributed by atoms with Gasteiger partial charge in [0.15, 0.2) is 0 Å². The maximum Gasteiger partial charge on any atom is 0.338 e. The summed E-state index contributed by atoms with van der Waals surface area (Å²) in [5.41, 5.74) is 2.53. The highest BCUT2D eigenvalue weighted by Gasteiger charge is 2.20. The molecule has 0 heterocycles. The Morgan fingerprint density at radius 2 is 1.43 bits per heavy atom. The van der Waals surface area contributed by atoms with Crippen molar-refractivity contribution in [3.05, 3.63) is 70.8 Å². The molecule has 2 aromatic rings. The number of halogens is 1. The van der Waals surface area contributed by atoms with Crippen LogP contribution in [0, 0.1) is 0 Å². The number of hydrogen-bond acceptors (Lipinski definition) is 3. The first kappa shape index (κ1) is 22.0. The Hall–Kier alpha value is -2.33. The molecular weight excluding hydrogens is 374 g/mol. The van der Waals surface area contributed by atoms with Crippen molar-refractivity contribution in [1.29, 1.82) is 0 Å². The van der Waals surface area contributed by atoms with E-state index in [1.54, 1.807) is 29.2 Å². The van der Waals surface area contributed by atoms with Gasteiger partial charge in [-0.1, -0.05) is 24.3 Å². The van der Waals surface area contributed by atoms with Crippen molar-refractivity contribution in [3.8, 4) is 0 Å². The number of rotatable bonds is 6. The van der Waals surface area contributed by atoms with Gasteiger partial charge in [0.1, 0.15) is 5.60 Å². The fourth-order valence-electron chi connectivity index (χ4n) is 2.67. The number of ether oxygens (including phenoxy) is 1. The third kappa shape index (κ3) is 6.10. The van der Waals surface area contributed by atoms with Crippen LogP contribution < -0.4 is 0 Å². The summed E-state index contributed by atoms with van der Waals surface area (Å²) in [5, 5.41) is 0. The van der Waals surface area contributed by atoms with Gasteiger partial charge in [-0.2, -0.15) is 0 Å². The average molecular weight is 402 g/mol. The van der Waals surface area contributed by atoms with E-state index in [4.69, 9.17) is 16.3 Å². The first-order chi connectivity index (χ1) is 13.1. The number of hydrogen-bond donors (Lipinski definition) is 0. The van der Waals surface area contributed by atoms with Gasteiger partial charge in [-0.05, 0) is 70.0 Å². The minimum atomic E-state index is -0.532. The molecule has 28 heavy (non-hydrogen) atoms. The van der Waals surface area contributed by atoms with Crippen molar-refractivity contribution >= 4 is 23.5 Å². The van der Waals surface area contributed by atoms with Crippen LogP contribution in [0.15, 0.2) is 48.5 Å². The molecule has 2 rings (SSSR count). The minimum Gasteiger partial charge on any atom is -0.456 e. The van der Waals surface area contributed by atoms with E-state index in [-0.39, 0.29) is 17.9 Å². The summed E-state index contributed by atoms with van der Waals surface area (Å²) < 4.78 is 5.39. The summed E-state index contributed by atoms with van der Waals surface area (Å²) in [6.45, 7) is 9.95. The number of nitrogens with zero attached hydrogens (tertiary/aromatic N) is 1. The standard InChI is InChI=1S/C23H28ClNO3/c1-16(2)25(21(26)19-10-6-17(14-24)7-11-19)15-18-8-12-20(13-9-18)22(27)28-23(3,4)5/h6-13,16H,14-15H2,1-5H3. The molecule has 0 saturated heterocycles. The first-order valence-corrected chi connectivity index (χ1v) is 9.92. The van der Waals surface area contributed by atoms with E-state index in [9.17, 15) is 9.59 Å². The van der Waals surface area contributed by atoms with Crippen molar-refractivity contribution < 1.29 is 14.3 Å². The van der Waals surface area contributed by atoms with Gasteiger partial charge in [0.25, 0.3) is 5.91 Å². The second-order valence-corrected chi connectivity index (χ2v) is 8.32. The van der Waals surface area contributed by atoms with Gasteiger partial charge >= 0.3 is 5.97 Å². The van der Waals surface area contributed by atoms with Crippen molar-refractivity contribution in [2.24, 2.45) is 0 Å². The van der Waals surface area contributed by atoms with Crippen molar-refractivity contribution in [2.75, 3.05) is 0 Å². The normalized spacial score (nSPS) is 11.4. The second-order valence-electron chi connectivity index (χ2n) is 8.06. The van der Waals surface area contributed by atoms with E-state index in [1.165, 1.54) is 0 Å². The highest BCUT2D eigenvalue weighted by atomic mass is 35.5. The molecular formula is C23H28ClNO3. The van der Waals surface area contributed by atoms with Gasteiger partial charge in [0.05, 0.1) is 5.56 Å². The molecule has 0 radical (unpaired) electrons. The maximum atomic E-state index is 12.9. The molecule has 0 fully saturated rings. The fourth-order valence-corrected chi connectivity index (χ4v) is 2.85. The molecule has 2 aromatic carbocycles. The summed E-state index contributed by atoms with van der Waals surface area (Å²) >= 11 is 5.82. The molecule has 0 bridgehead atoms. The molecule has 5 heteroatoms. The first-order valence-electron chi connectivity index (χ1n) is 9.39. The van der Waals surface area contributed by atoms with Gasteiger partial charge < -0.3 is 9.64 Å². The zero-order chi connectivity index (χ0) is 20.9. The van der Waals surface area contributed by atoms with E-state index in [2.05, 4.69) is 0 Å². The lowest BCUT2D eigenvalue weighted by Crippen LogP contribution is -2.36. The summed E-state index contributed by atoms with van der Waals surface area (Å²) in [6, 6.07) is 14.6. The predicted octanol–water partition coefficient (Wildman–Crippen LogP) is 5.43. The van der Waals surface area contributed by atoms with E-state index >= 15 is 0 Å². The molecule has 150 valence electrons. The Labute approximate surface area is 172 Å². The maximum absolute atomic E-state index is 12.9. The molecule has 4 nitrogen and oxygen atoms in total. The van der Waals surface area contributed by atoms with Crippen LogP contribution in [0.25, 0.3) is 0 Å². The van der Waals surface area contributed by atoms with Gasteiger partial charge in [-0.25, -0.2) is 4.79 Å². The lowest BCUT2D eigenvalue weighted by Gasteiger charge is -2.27. The Balaban J connectivity index is 2.13. The van der Waals surface area contributed by atoms with Gasteiger partial charge in [-0.15, -0.1) is 11.6 Å². The summed E-state index contributed by atoms with van der Waals surface area (Å²) in [7, 11) is 0. The smallest absolute Gasteiger partial charge is 0.338 e. The lowest BCUT2D eigenvalue weighted by molar-refractivity contribution is 0.00692. The third-order valence-corrected chi connectivity index (χ3v) is 4.49. The number of benzene rings is 2. The monoisotopic (exact) mass is 401 g/mol. The van der Waals surface area contributed by atoms with Crippen LogP contribution in [0.1, 0.15) is 66.5 Å². The second kappa shape index (κ2) is 9.24. The molecule has 0 aromatic heterocycles. The minimum absolute atomic E-state index is 0.0331.